The Morgan fingerprint density at radius 1 is 0.385 bits per heavy atom. The van der Waals surface area contributed by atoms with Crippen LogP contribution in [-0.2, 0) is 19.3 Å². The van der Waals surface area contributed by atoms with Crippen LogP contribution in [0, 0.1) is 13.1 Å². The number of hydrogen-bond acceptors (Lipinski definition) is 2. The van der Waals surface area contributed by atoms with Crippen LogP contribution >= 0.6 is 0 Å². The van der Waals surface area contributed by atoms with Gasteiger partial charge in [-0.1, -0.05) is 103 Å². The van der Waals surface area contributed by atoms with E-state index in [1.807, 2.05) is 60.7 Å². The maximum absolute atomic E-state index is 14.4. The predicted octanol–water partition coefficient (Wildman–Crippen LogP) is 12.2. The van der Waals surface area contributed by atoms with Crippen LogP contribution in [0.4, 0.5) is 28.4 Å². The van der Waals surface area contributed by atoms with Crippen LogP contribution in [0.1, 0.15) is 49.3 Å². The van der Waals surface area contributed by atoms with E-state index in [1.165, 1.54) is 22.3 Å². The van der Waals surface area contributed by atoms with Crippen LogP contribution in [0.5, 0.6) is 0 Å². The van der Waals surface area contributed by atoms with Crippen LogP contribution in [0.25, 0.3) is 31.9 Å². The largest absolute Gasteiger partial charge is 0.310 e. The number of para-hydroxylation sites is 4. The number of anilines is 3. The molecule has 4 heteroatoms. The lowest BCUT2D eigenvalue weighted by atomic mass is 9.77. The topological polar surface area (TPSA) is 29.0 Å². The summed E-state index contributed by atoms with van der Waals surface area (Å²) in [6.07, 6.45) is 2.18. The molecule has 7 aromatic rings. The lowest BCUT2D eigenvalue weighted by Crippen LogP contribution is -2.19. The van der Waals surface area contributed by atoms with E-state index < -0.39 is 0 Å². The Bertz CT molecular complexity index is 2610. The van der Waals surface area contributed by atoms with Crippen LogP contribution in [0.3, 0.4) is 0 Å². The number of carbonyl (C=O) groups is 1. The second-order valence-electron chi connectivity index (χ2n) is 13.4. The third-order valence-corrected chi connectivity index (χ3v) is 10.4. The van der Waals surface area contributed by atoms with E-state index in [0.717, 1.165) is 68.8 Å². The van der Waals surface area contributed by atoms with Gasteiger partial charge in [0, 0.05) is 28.2 Å². The summed E-state index contributed by atoms with van der Waals surface area (Å²) in [7, 11) is 0. The van der Waals surface area contributed by atoms with E-state index in [4.69, 9.17) is 13.1 Å². The van der Waals surface area contributed by atoms with E-state index in [9.17, 15) is 4.79 Å². The zero-order valence-corrected chi connectivity index (χ0v) is 28.3. The van der Waals surface area contributed by atoms with Crippen molar-refractivity contribution >= 4 is 34.2 Å². The molecule has 244 valence electrons. The Balaban J connectivity index is 1.12. The second-order valence-corrected chi connectivity index (χ2v) is 13.4. The summed E-state index contributed by atoms with van der Waals surface area (Å²) in [6, 6.07) is 51.2. The molecule has 0 aliphatic heterocycles. The molecular formula is C48H31N3O. The Labute approximate surface area is 303 Å². The van der Waals surface area contributed by atoms with Gasteiger partial charge >= 0.3 is 0 Å². The molecule has 0 saturated carbocycles. The third kappa shape index (κ3) is 5.26. The Hall–Kier alpha value is -7.01. The van der Waals surface area contributed by atoms with Gasteiger partial charge in [0.25, 0.3) is 0 Å². The summed E-state index contributed by atoms with van der Waals surface area (Å²) in [5.74, 6) is 0.00752. The van der Waals surface area contributed by atoms with Crippen molar-refractivity contribution in [2.45, 2.75) is 19.3 Å². The molecule has 0 aromatic heterocycles. The van der Waals surface area contributed by atoms with Crippen molar-refractivity contribution in [1.29, 1.82) is 0 Å². The van der Waals surface area contributed by atoms with Crippen LogP contribution in [0.2, 0.25) is 0 Å². The highest BCUT2D eigenvalue weighted by Gasteiger charge is 2.29. The van der Waals surface area contributed by atoms with Crippen molar-refractivity contribution in [1.82, 2.24) is 0 Å². The van der Waals surface area contributed by atoms with Crippen molar-refractivity contribution in [2.75, 3.05) is 4.90 Å². The lowest BCUT2D eigenvalue weighted by Gasteiger charge is -2.29. The molecule has 7 aromatic carbocycles. The Morgan fingerprint density at radius 3 is 1.48 bits per heavy atom. The molecule has 0 radical (unpaired) electrons. The number of nitrogens with zero attached hydrogens (tertiary/aromatic N) is 3. The molecule has 0 heterocycles. The van der Waals surface area contributed by atoms with Gasteiger partial charge in [0.15, 0.2) is 17.2 Å². The summed E-state index contributed by atoms with van der Waals surface area (Å²) < 4.78 is 0. The van der Waals surface area contributed by atoms with Crippen molar-refractivity contribution in [3.05, 3.63) is 219 Å². The first kappa shape index (κ1) is 31.0. The fourth-order valence-electron chi connectivity index (χ4n) is 7.92. The van der Waals surface area contributed by atoms with E-state index >= 15 is 0 Å². The molecule has 52 heavy (non-hydrogen) atoms. The Morgan fingerprint density at radius 2 is 0.846 bits per heavy atom. The van der Waals surface area contributed by atoms with E-state index in [1.54, 1.807) is 6.07 Å². The first-order valence-corrected chi connectivity index (χ1v) is 17.4. The SMILES string of the molecule is [C-]#[N+]c1ccccc1-c1cc2c(cc1-c1ccccc1[N+]#[C-])C(=O)c1cc3c(cc1C2)Cc1cc(N(c2ccccc2)c2ccccc2)ccc1C3. The van der Waals surface area contributed by atoms with Crippen molar-refractivity contribution < 1.29 is 4.79 Å². The fraction of sp³-hybridized carbons (Fsp3) is 0.0625. The first-order chi connectivity index (χ1) is 25.6. The summed E-state index contributed by atoms with van der Waals surface area (Å²) in [4.78, 5) is 24.4. The van der Waals surface area contributed by atoms with Crippen molar-refractivity contribution in [3.63, 3.8) is 0 Å². The maximum Gasteiger partial charge on any atom is 0.194 e. The minimum absolute atomic E-state index is 0.00752. The van der Waals surface area contributed by atoms with Gasteiger partial charge in [-0.2, -0.15) is 0 Å². The van der Waals surface area contributed by atoms with E-state index in [0.29, 0.717) is 23.4 Å². The molecule has 0 bridgehead atoms. The molecule has 2 aliphatic rings. The second kappa shape index (κ2) is 12.7. The highest BCUT2D eigenvalue weighted by Crippen LogP contribution is 2.45. The zero-order chi connectivity index (χ0) is 35.2. The van der Waals surface area contributed by atoms with Crippen LogP contribution < -0.4 is 4.90 Å². The van der Waals surface area contributed by atoms with E-state index in [-0.39, 0.29) is 5.78 Å². The standard InChI is InChI=1S/C48H31N3O/c1-49-46-19-11-9-17-40(46)44-29-36-26-35-25-32-24-33-27-39(51(37-13-5-3-6-14-37)38-15-7-4-8-16-38)22-21-31(33)23-34(32)28-42(35)48(52)43(36)30-45(44)41-18-10-12-20-47(41)50-2/h3-22,25,27-30H,23-24,26H2. The van der Waals surface area contributed by atoms with Gasteiger partial charge < -0.3 is 4.90 Å². The predicted molar refractivity (Wildman–Crippen MR) is 209 cm³/mol. The summed E-state index contributed by atoms with van der Waals surface area (Å²) in [5, 5.41) is 0. The van der Waals surface area contributed by atoms with Gasteiger partial charge in [-0.05, 0) is 123 Å². The molecule has 0 fully saturated rings. The van der Waals surface area contributed by atoms with Crippen molar-refractivity contribution in [2.24, 2.45) is 0 Å². The molecule has 0 spiro atoms. The molecule has 0 unspecified atom stereocenters. The van der Waals surface area contributed by atoms with Gasteiger partial charge in [0.1, 0.15) is 0 Å². The molecular weight excluding hydrogens is 635 g/mol. The maximum atomic E-state index is 14.4. The molecule has 4 nitrogen and oxygen atoms in total. The summed E-state index contributed by atoms with van der Waals surface area (Å²) in [5.41, 5.74) is 16.0. The first-order valence-electron chi connectivity index (χ1n) is 17.4. The highest BCUT2D eigenvalue weighted by molar-refractivity contribution is 6.14. The number of benzene rings is 7. The fourth-order valence-corrected chi connectivity index (χ4v) is 7.92. The molecule has 9 rings (SSSR count). The average molecular weight is 666 g/mol. The number of hydrogen-bond donors (Lipinski definition) is 0. The van der Waals surface area contributed by atoms with E-state index in [2.05, 4.69) is 99.5 Å². The van der Waals surface area contributed by atoms with Crippen LogP contribution in [-0.4, -0.2) is 5.78 Å². The zero-order valence-electron chi connectivity index (χ0n) is 28.3. The Kier molecular flexibility index (Phi) is 7.58. The number of rotatable bonds is 5. The number of ketones is 1. The number of fused-ring (bicyclic) bond motifs is 4. The quantitative estimate of drug-likeness (QED) is 0.171. The molecule has 0 saturated heterocycles. The number of carbonyl (C=O) groups excluding carboxylic acids is 1. The molecule has 0 amide bonds. The van der Waals surface area contributed by atoms with Crippen molar-refractivity contribution in [3.8, 4) is 22.3 Å². The molecule has 0 N–H and O–H groups in total. The van der Waals surface area contributed by atoms with Gasteiger partial charge in [-0.25, -0.2) is 9.69 Å². The smallest absolute Gasteiger partial charge is 0.194 e. The molecule has 2 aliphatic carbocycles. The monoisotopic (exact) mass is 665 g/mol. The van der Waals surface area contributed by atoms with Gasteiger partial charge in [-0.15, -0.1) is 0 Å². The van der Waals surface area contributed by atoms with Gasteiger partial charge in [-0.3, -0.25) is 4.79 Å². The normalized spacial score (nSPS) is 12.4. The minimum atomic E-state index is 0.00752. The average Bonchev–Trinajstić information content (AvgIpc) is 3.20. The minimum Gasteiger partial charge on any atom is -0.310 e. The third-order valence-electron chi connectivity index (χ3n) is 10.4. The summed E-state index contributed by atoms with van der Waals surface area (Å²) in [6.45, 7) is 15.8. The highest BCUT2D eigenvalue weighted by atomic mass is 16.1. The van der Waals surface area contributed by atoms with Gasteiger partial charge in [0.05, 0.1) is 13.1 Å². The summed E-state index contributed by atoms with van der Waals surface area (Å²) >= 11 is 0. The van der Waals surface area contributed by atoms with Gasteiger partial charge in [0.2, 0.25) is 0 Å². The molecule has 0 atom stereocenters. The lowest BCUT2D eigenvalue weighted by molar-refractivity contribution is 0.103. The van der Waals surface area contributed by atoms with Crippen LogP contribution in [0.15, 0.2) is 152 Å².